The zero-order chi connectivity index (χ0) is 12.3. The molecule has 0 aliphatic carbocycles. The maximum absolute atomic E-state index is 4.42. The van der Waals surface area contributed by atoms with Gasteiger partial charge < -0.3 is 5.32 Å². The Bertz CT molecular complexity index is 492. The predicted molar refractivity (Wildman–Crippen MR) is 73.2 cm³/mol. The molecule has 0 saturated heterocycles. The molecule has 0 saturated carbocycles. The quantitative estimate of drug-likeness (QED) is 0.861. The van der Waals surface area contributed by atoms with Crippen LogP contribution >= 0.6 is 15.9 Å². The van der Waals surface area contributed by atoms with Gasteiger partial charge in [0.15, 0.2) is 5.65 Å². The lowest BCUT2D eigenvalue weighted by molar-refractivity contribution is 0.566. The molecule has 0 spiro atoms. The summed E-state index contributed by atoms with van der Waals surface area (Å²) in [5.74, 6) is 1.45. The van der Waals surface area contributed by atoms with Gasteiger partial charge in [0.1, 0.15) is 0 Å². The molecule has 17 heavy (non-hydrogen) atoms. The summed E-state index contributed by atoms with van der Waals surface area (Å²) in [5.41, 5.74) is 0.846. The molecule has 2 rings (SSSR count). The molecule has 0 unspecified atom stereocenters. The largest absolute Gasteiger partial charge is 0.353 e. The van der Waals surface area contributed by atoms with Gasteiger partial charge in [0.05, 0.1) is 4.47 Å². The predicted octanol–water partition coefficient (Wildman–Crippen LogP) is 3.34. The molecule has 0 radical (unpaired) electrons. The van der Waals surface area contributed by atoms with Crippen molar-refractivity contribution in [1.82, 2.24) is 14.6 Å². The van der Waals surface area contributed by atoms with E-state index in [0.29, 0.717) is 5.95 Å². The molecule has 0 aliphatic heterocycles. The molecule has 0 aliphatic rings. The Hall–Kier alpha value is -1.10. The first-order valence-electron chi connectivity index (χ1n) is 5.91. The summed E-state index contributed by atoms with van der Waals surface area (Å²) < 4.78 is 2.73. The third kappa shape index (κ3) is 3.19. The van der Waals surface area contributed by atoms with Gasteiger partial charge in [0.25, 0.3) is 0 Å². The summed E-state index contributed by atoms with van der Waals surface area (Å²) in [6.07, 6.45) is 4.27. The highest BCUT2D eigenvalue weighted by atomic mass is 79.9. The van der Waals surface area contributed by atoms with Crippen LogP contribution in [0.1, 0.15) is 26.7 Å². The lowest BCUT2D eigenvalue weighted by atomic mass is 10.1. The highest BCUT2D eigenvalue weighted by molar-refractivity contribution is 9.10. The Morgan fingerprint density at radius 1 is 1.47 bits per heavy atom. The number of hydrogen-bond acceptors (Lipinski definition) is 3. The van der Waals surface area contributed by atoms with E-state index in [-0.39, 0.29) is 0 Å². The van der Waals surface area contributed by atoms with Crippen LogP contribution in [0.4, 0.5) is 5.95 Å². The molecule has 0 fully saturated rings. The van der Waals surface area contributed by atoms with Crippen molar-refractivity contribution in [3.05, 3.63) is 22.8 Å². The van der Waals surface area contributed by atoms with Crippen molar-refractivity contribution in [2.45, 2.75) is 26.7 Å². The van der Waals surface area contributed by atoms with E-state index in [1.165, 1.54) is 6.42 Å². The van der Waals surface area contributed by atoms with Crippen molar-refractivity contribution in [2.75, 3.05) is 11.9 Å². The van der Waals surface area contributed by atoms with Gasteiger partial charge in [-0.15, -0.1) is 5.10 Å². The van der Waals surface area contributed by atoms with Crippen molar-refractivity contribution in [3.8, 4) is 0 Å². The Morgan fingerprint density at radius 2 is 2.29 bits per heavy atom. The highest BCUT2D eigenvalue weighted by Gasteiger charge is 2.05. The third-order valence-corrected chi connectivity index (χ3v) is 3.18. The van der Waals surface area contributed by atoms with Crippen molar-refractivity contribution in [1.29, 1.82) is 0 Å². The summed E-state index contributed by atoms with van der Waals surface area (Å²) >= 11 is 3.46. The molecule has 92 valence electrons. The molecule has 0 amide bonds. The minimum absolute atomic E-state index is 0.695. The Labute approximate surface area is 110 Å². The van der Waals surface area contributed by atoms with E-state index in [1.807, 2.05) is 18.3 Å². The van der Waals surface area contributed by atoms with E-state index in [4.69, 9.17) is 0 Å². The van der Waals surface area contributed by atoms with Crippen LogP contribution in [0, 0.1) is 5.92 Å². The number of nitrogens with one attached hydrogen (secondary N) is 1. The third-order valence-electron chi connectivity index (χ3n) is 2.56. The lowest BCUT2D eigenvalue weighted by Gasteiger charge is -2.03. The second-order valence-electron chi connectivity index (χ2n) is 4.52. The maximum atomic E-state index is 4.42. The fourth-order valence-electron chi connectivity index (χ4n) is 1.66. The Balaban J connectivity index is 1.98. The number of hydrogen-bond donors (Lipinski definition) is 1. The zero-order valence-corrected chi connectivity index (χ0v) is 11.7. The molecule has 5 heteroatoms. The van der Waals surface area contributed by atoms with Crippen LogP contribution in [-0.2, 0) is 0 Å². The summed E-state index contributed by atoms with van der Waals surface area (Å²) in [4.78, 5) is 4.42. The molecule has 4 nitrogen and oxygen atoms in total. The van der Waals surface area contributed by atoms with Crippen LogP contribution in [0.25, 0.3) is 5.65 Å². The molecule has 2 aromatic heterocycles. The van der Waals surface area contributed by atoms with Gasteiger partial charge in [-0.25, -0.2) is 4.52 Å². The van der Waals surface area contributed by atoms with Crippen molar-refractivity contribution in [2.24, 2.45) is 5.92 Å². The number of rotatable bonds is 5. The summed E-state index contributed by atoms with van der Waals surface area (Å²) in [6.45, 7) is 5.40. The monoisotopic (exact) mass is 296 g/mol. The SMILES string of the molecule is CC(C)CCCNc1nc2c(Br)cccn2n1. The van der Waals surface area contributed by atoms with Crippen LogP contribution in [0.15, 0.2) is 22.8 Å². The van der Waals surface area contributed by atoms with Gasteiger partial charge in [-0.1, -0.05) is 13.8 Å². The molecular weight excluding hydrogens is 280 g/mol. The number of anilines is 1. The van der Waals surface area contributed by atoms with Gasteiger partial charge >= 0.3 is 0 Å². The van der Waals surface area contributed by atoms with E-state index in [1.54, 1.807) is 4.52 Å². The highest BCUT2D eigenvalue weighted by Crippen LogP contribution is 2.16. The van der Waals surface area contributed by atoms with E-state index >= 15 is 0 Å². The summed E-state index contributed by atoms with van der Waals surface area (Å²) in [7, 11) is 0. The fraction of sp³-hybridized carbons (Fsp3) is 0.500. The van der Waals surface area contributed by atoms with Crippen molar-refractivity contribution < 1.29 is 0 Å². The van der Waals surface area contributed by atoms with Crippen LogP contribution in [0.5, 0.6) is 0 Å². The van der Waals surface area contributed by atoms with Crippen molar-refractivity contribution >= 4 is 27.5 Å². The standard InChI is InChI=1S/C12H17BrN4/c1-9(2)5-3-7-14-12-15-11-10(13)6-4-8-17(11)16-12/h4,6,8-9H,3,5,7H2,1-2H3,(H,14,16). The van der Waals surface area contributed by atoms with E-state index in [2.05, 4.69) is 45.2 Å². The maximum Gasteiger partial charge on any atom is 0.243 e. The first kappa shape index (κ1) is 12.4. The minimum Gasteiger partial charge on any atom is -0.353 e. The van der Waals surface area contributed by atoms with Gasteiger partial charge in [0.2, 0.25) is 5.95 Å². The molecule has 0 aromatic carbocycles. The van der Waals surface area contributed by atoms with Gasteiger partial charge in [-0.2, -0.15) is 4.98 Å². The average Bonchev–Trinajstić information content (AvgIpc) is 2.69. The molecule has 0 bridgehead atoms. The Morgan fingerprint density at radius 3 is 3.00 bits per heavy atom. The number of fused-ring (bicyclic) bond motifs is 1. The smallest absolute Gasteiger partial charge is 0.243 e. The van der Waals surface area contributed by atoms with Gasteiger partial charge in [-0.05, 0) is 46.8 Å². The average molecular weight is 297 g/mol. The Kier molecular flexibility index (Phi) is 3.99. The zero-order valence-electron chi connectivity index (χ0n) is 10.2. The summed E-state index contributed by atoms with van der Waals surface area (Å²) in [6, 6.07) is 3.90. The fourth-order valence-corrected chi connectivity index (χ4v) is 2.08. The van der Waals surface area contributed by atoms with Gasteiger partial charge in [0, 0.05) is 12.7 Å². The van der Waals surface area contributed by atoms with E-state index in [0.717, 1.165) is 29.0 Å². The normalized spacial score (nSPS) is 11.3. The lowest BCUT2D eigenvalue weighted by Crippen LogP contribution is -2.04. The van der Waals surface area contributed by atoms with Gasteiger partial charge in [-0.3, -0.25) is 0 Å². The molecule has 1 N–H and O–H groups in total. The van der Waals surface area contributed by atoms with Crippen molar-refractivity contribution in [3.63, 3.8) is 0 Å². The first-order chi connectivity index (χ1) is 8.16. The van der Waals surface area contributed by atoms with E-state index in [9.17, 15) is 0 Å². The topological polar surface area (TPSA) is 42.2 Å². The number of aromatic nitrogens is 3. The second kappa shape index (κ2) is 5.49. The van der Waals surface area contributed by atoms with Crippen LogP contribution < -0.4 is 5.32 Å². The second-order valence-corrected chi connectivity index (χ2v) is 5.38. The molecular formula is C12H17BrN4. The number of halogens is 1. The van der Waals surface area contributed by atoms with Crippen LogP contribution in [0.2, 0.25) is 0 Å². The van der Waals surface area contributed by atoms with E-state index < -0.39 is 0 Å². The van der Waals surface area contributed by atoms with Crippen LogP contribution in [-0.4, -0.2) is 21.1 Å². The minimum atomic E-state index is 0.695. The first-order valence-corrected chi connectivity index (χ1v) is 6.71. The molecule has 2 aromatic rings. The molecule has 2 heterocycles. The molecule has 0 atom stereocenters. The summed E-state index contributed by atoms with van der Waals surface area (Å²) in [5, 5.41) is 7.61. The van der Waals surface area contributed by atoms with Crippen LogP contribution in [0.3, 0.4) is 0 Å². The number of pyridine rings is 1. The number of nitrogens with zero attached hydrogens (tertiary/aromatic N) is 3.